The van der Waals surface area contributed by atoms with Gasteiger partial charge in [-0.1, -0.05) is 23.7 Å². The van der Waals surface area contributed by atoms with Crippen molar-refractivity contribution in [2.75, 3.05) is 0 Å². The number of hydrazone groups is 1. The Labute approximate surface area is 185 Å². The third-order valence-corrected chi connectivity index (χ3v) is 4.86. The van der Waals surface area contributed by atoms with Gasteiger partial charge in [-0.15, -0.1) is 0 Å². The third kappa shape index (κ3) is 5.66. The van der Waals surface area contributed by atoms with Crippen LogP contribution in [0, 0.1) is 17.1 Å². The number of halogens is 3. The first-order valence-electron chi connectivity index (χ1n) is 8.66. The topological polar surface area (TPSA) is 74.5 Å². The molecule has 0 saturated heterocycles. The van der Waals surface area contributed by atoms with E-state index in [9.17, 15) is 9.18 Å². The van der Waals surface area contributed by atoms with Crippen LogP contribution in [0.5, 0.6) is 5.75 Å². The van der Waals surface area contributed by atoms with Crippen LogP contribution in [0.15, 0.2) is 70.2 Å². The second kappa shape index (κ2) is 10.0. The number of nitriles is 1. The molecule has 3 rings (SSSR count). The Bertz CT molecular complexity index is 1140. The Balaban J connectivity index is 1.59. The second-order valence-corrected chi connectivity index (χ2v) is 7.40. The number of ether oxygens (including phenoxy) is 1. The molecule has 0 aromatic heterocycles. The van der Waals surface area contributed by atoms with Gasteiger partial charge in [0.2, 0.25) is 0 Å². The summed E-state index contributed by atoms with van der Waals surface area (Å²) in [4.78, 5) is 12.0. The lowest BCUT2D eigenvalue weighted by molar-refractivity contribution is 0.0951. The summed E-state index contributed by atoms with van der Waals surface area (Å²) in [6.07, 6.45) is 1.42. The summed E-state index contributed by atoms with van der Waals surface area (Å²) < 4.78 is 20.4. The van der Waals surface area contributed by atoms with Crippen molar-refractivity contribution in [2.24, 2.45) is 5.10 Å². The van der Waals surface area contributed by atoms with E-state index >= 15 is 0 Å². The summed E-state index contributed by atoms with van der Waals surface area (Å²) in [5, 5.41) is 13.3. The maximum Gasteiger partial charge on any atom is 0.274 e. The minimum Gasteiger partial charge on any atom is -0.488 e. The molecule has 1 N–H and O–H groups in total. The molecule has 0 aliphatic rings. The fourth-order valence-electron chi connectivity index (χ4n) is 2.45. The smallest absolute Gasteiger partial charge is 0.274 e. The SMILES string of the molecule is N#Cc1ccc(C(=O)N/N=C\c2ccc(OCc3ccc(Cl)cc3)c(Br)c2)c(F)c1. The van der Waals surface area contributed by atoms with Gasteiger partial charge in [-0.25, -0.2) is 9.82 Å². The Kier molecular flexibility index (Phi) is 7.17. The van der Waals surface area contributed by atoms with Crippen LogP contribution < -0.4 is 10.2 Å². The van der Waals surface area contributed by atoms with E-state index in [1.54, 1.807) is 30.3 Å². The van der Waals surface area contributed by atoms with Gasteiger partial charge in [0, 0.05) is 5.02 Å². The number of benzene rings is 3. The van der Waals surface area contributed by atoms with Gasteiger partial charge in [-0.05, 0) is 75.6 Å². The van der Waals surface area contributed by atoms with Crippen LogP contribution in [-0.2, 0) is 6.61 Å². The average Bonchev–Trinajstić information content (AvgIpc) is 2.74. The first-order chi connectivity index (χ1) is 14.5. The molecule has 0 aliphatic heterocycles. The Morgan fingerprint density at radius 2 is 1.97 bits per heavy atom. The maximum atomic E-state index is 13.9. The van der Waals surface area contributed by atoms with Crippen molar-refractivity contribution in [1.82, 2.24) is 5.43 Å². The molecular formula is C22H14BrClFN3O2. The van der Waals surface area contributed by atoms with Gasteiger partial charge < -0.3 is 4.74 Å². The van der Waals surface area contributed by atoms with Crippen molar-refractivity contribution < 1.29 is 13.9 Å². The van der Waals surface area contributed by atoms with Gasteiger partial charge in [0.1, 0.15) is 18.2 Å². The predicted octanol–water partition coefficient (Wildman–Crippen LogP) is 5.46. The summed E-state index contributed by atoms with van der Waals surface area (Å²) in [5.74, 6) is -0.854. The number of carbonyl (C=O) groups excluding carboxylic acids is 1. The molecule has 0 spiro atoms. The Morgan fingerprint density at radius 3 is 2.63 bits per heavy atom. The number of hydrogen-bond acceptors (Lipinski definition) is 4. The van der Waals surface area contributed by atoms with Crippen LogP contribution in [0.2, 0.25) is 5.02 Å². The van der Waals surface area contributed by atoms with Gasteiger partial charge in [0.15, 0.2) is 0 Å². The van der Waals surface area contributed by atoms with Gasteiger partial charge in [-0.3, -0.25) is 4.79 Å². The molecule has 3 aromatic carbocycles. The summed E-state index contributed by atoms with van der Waals surface area (Å²) in [6.45, 7) is 0.384. The molecule has 0 saturated carbocycles. The summed E-state index contributed by atoms with van der Waals surface area (Å²) in [6, 6.07) is 18.1. The van der Waals surface area contributed by atoms with Crippen molar-refractivity contribution in [3.63, 3.8) is 0 Å². The van der Waals surface area contributed by atoms with Crippen LogP contribution in [0.1, 0.15) is 27.0 Å². The molecule has 5 nitrogen and oxygen atoms in total. The van der Waals surface area contributed by atoms with E-state index in [-0.39, 0.29) is 11.1 Å². The predicted molar refractivity (Wildman–Crippen MR) is 116 cm³/mol. The highest BCUT2D eigenvalue weighted by Crippen LogP contribution is 2.26. The summed E-state index contributed by atoms with van der Waals surface area (Å²) in [7, 11) is 0. The molecule has 0 fully saturated rings. The zero-order valence-electron chi connectivity index (χ0n) is 15.4. The van der Waals surface area contributed by atoms with Gasteiger partial charge in [-0.2, -0.15) is 10.4 Å². The minimum atomic E-state index is -0.785. The van der Waals surface area contributed by atoms with Crippen molar-refractivity contribution in [2.45, 2.75) is 6.61 Å². The number of carbonyl (C=O) groups is 1. The molecule has 0 aliphatic carbocycles. The first-order valence-corrected chi connectivity index (χ1v) is 9.83. The largest absolute Gasteiger partial charge is 0.488 e. The van der Waals surface area contributed by atoms with Crippen LogP contribution >= 0.6 is 27.5 Å². The minimum absolute atomic E-state index is 0.135. The van der Waals surface area contributed by atoms with E-state index in [1.807, 2.05) is 18.2 Å². The monoisotopic (exact) mass is 485 g/mol. The second-order valence-electron chi connectivity index (χ2n) is 6.11. The lowest BCUT2D eigenvalue weighted by atomic mass is 10.1. The average molecular weight is 487 g/mol. The van der Waals surface area contributed by atoms with E-state index in [0.29, 0.717) is 27.4 Å². The van der Waals surface area contributed by atoms with E-state index in [1.165, 1.54) is 18.3 Å². The number of nitrogens with one attached hydrogen (secondary N) is 1. The highest BCUT2D eigenvalue weighted by Gasteiger charge is 2.11. The highest BCUT2D eigenvalue weighted by atomic mass is 79.9. The molecule has 0 heterocycles. The molecule has 0 atom stereocenters. The van der Waals surface area contributed by atoms with Crippen LogP contribution in [0.4, 0.5) is 4.39 Å². The lowest BCUT2D eigenvalue weighted by Gasteiger charge is -2.09. The number of hydrogen-bond donors (Lipinski definition) is 1. The van der Waals surface area contributed by atoms with Gasteiger partial charge in [0.05, 0.1) is 27.9 Å². The highest BCUT2D eigenvalue weighted by molar-refractivity contribution is 9.10. The standard InChI is InChI=1S/C22H14BrClFN3O2/c23-19-9-16(4-8-21(19)30-13-14-1-5-17(24)6-2-14)12-27-28-22(29)18-7-3-15(11-26)10-20(18)25/h1-10,12H,13H2,(H,28,29)/b27-12-. The Morgan fingerprint density at radius 1 is 1.20 bits per heavy atom. The van der Waals surface area contributed by atoms with Crippen molar-refractivity contribution in [1.29, 1.82) is 5.26 Å². The normalized spacial score (nSPS) is 10.6. The summed E-state index contributed by atoms with van der Waals surface area (Å²) >= 11 is 9.31. The zero-order valence-corrected chi connectivity index (χ0v) is 17.7. The van der Waals surface area contributed by atoms with Crippen molar-refractivity contribution in [3.05, 3.63) is 98.2 Å². The molecule has 30 heavy (non-hydrogen) atoms. The first kappa shape index (κ1) is 21.5. The number of amides is 1. The Hall–Kier alpha value is -3.21. The molecule has 0 bridgehead atoms. The van der Waals surface area contributed by atoms with Crippen molar-refractivity contribution >= 4 is 39.7 Å². The summed E-state index contributed by atoms with van der Waals surface area (Å²) in [5.41, 5.74) is 3.88. The lowest BCUT2D eigenvalue weighted by Crippen LogP contribution is -2.19. The third-order valence-electron chi connectivity index (χ3n) is 3.99. The molecular weight excluding hydrogens is 473 g/mol. The zero-order chi connectivity index (χ0) is 21.5. The maximum absolute atomic E-state index is 13.9. The molecule has 0 unspecified atom stereocenters. The van der Waals surface area contributed by atoms with Crippen LogP contribution in [0.3, 0.4) is 0 Å². The van der Waals surface area contributed by atoms with E-state index in [0.717, 1.165) is 11.6 Å². The number of nitrogens with zero attached hydrogens (tertiary/aromatic N) is 2. The quantitative estimate of drug-likeness (QED) is 0.371. The molecule has 150 valence electrons. The van der Waals surface area contributed by atoms with Crippen LogP contribution in [0.25, 0.3) is 0 Å². The number of rotatable bonds is 6. The molecule has 0 radical (unpaired) electrons. The van der Waals surface area contributed by atoms with E-state index < -0.39 is 11.7 Å². The van der Waals surface area contributed by atoms with Gasteiger partial charge in [0.25, 0.3) is 5.91 Å². The van der Waals surface area contributed by atoms with Gasteiger partial charge >= 0.3 is 0 Å². The fraction of sp³-hybridized carbons (Fsp3) is 0.0455. The van der Waals surface area contributed by atoms with E-state index in [2.05, 4.69) is 26.5 Å². The van der Waals surface area contributed by atoms with E-state index in [4.69, 9.17) is 21.6 Å². The molecule has 3 aromatic rings. The molecule has 1 amide bonds. The van der Waals surface area contributed by atoms with Crippen LogP contribution in [-0.4, -0.2) is 12.1 Å². The van der Waals surface area contributed by atoms with Crippen molar-refractivity contribution in [3.8, 4) is 11.8 Å². The fourth-order valence-corrected chi connectivity index (χ4v) is 3.09. The molecule has 8 heteroatoms.